The van der Waals surface area contributed by atoms with Crippen molar-refractivity contribution < 1.29 is 18.8 Å². The molecule has 7 nitrogen and oxygen atoms in total. The van der Waals surface area contributed by atoms with Gasteiger partial charge >= 0.3 is 5.97 Å². The number of benzene rings is 1. The second-order valence-corrected chi connectivity index (χ2v) is 4.87. The van der Waals surface area contributed by atoms with Crippen LogP contribution in [0.1, 0.15) is 30.0 Å². The van der Waals surface area contributed by atoms with Gasteiger partial charge in [-0.15, -0.1) is 0 Å². The topological polar surface area (TPSA) is 85.5 Å². The van der Waals surface area contributed by atoms with Gasteiger partial charge in [-0.25, -0.2) is 4.79 Å². The molecular weight excluding hydrogens is 298 g/mol. The zero-order valence-corrected chi connectivity index (χ0v) is 13.4. The van der Waals surface area contributed by atoms with Crippen LogP contribution in [-0.2, 0) is 9.53 Å². The van der Waals surface area contributed by atoms with Gasteiger partial charge in [0.2, 0.25) is 0 Å². The van der Waals surface area contributed by atoms with Crippen molar-refractivity contribution in [2.45, 2.75) is 20.8 Å². The number of aromatic nitrogens is 2. The van der Waals surface area contributed by atoms with Crippen LogP contribution in [0, 0.1) is 6.92 Å². The Bertz CT molecular complexity index is 675. The predicted octanol–water partition coefficient (Wildman–Crippen LogP) is 2.07. The van der Waals surface area contributed by atoms with E-state index in [0.29, 0.717) is 35.9 Å². The minimum atomic E-state index is -0.543. The fourth-order valence-corrected chi connectivity index (χ4v) is 2.04. The molecule has 0 spiro atoms. The molecular formula is C16H19N3O4. The largest absolute Gasteiger partial charge is 0.452 e. The molecule has 23 heavy (non-hydrogen) atoms. The van der Waals surface area contributed by atoms with Crippen molar-refractivity contribution in [1.29, 1.82) is 0 Å². The normalized spacial score (nSPS) is 10.4. The van der Waals surface area contributed by atoms with E-state index in [0.717, 1.165) is 0 Å². The number of esters is 1. The van der Waals surface area contributed by atoms with Crippen LogP contribution < -0.4 is 0 Å². The van der Waals surface area contributed by atoms with E-state index in [1.807, 2.05) is 13.8 Å². The number of hydrogen-bond acceptors (Lipinski definition) is 6. The van der Waals surface area contributed by atoms with Crippen LogP contribution >= 0.6 is 0 Å². The van der Waals surface area contributed by atoms with Gasteiger partial charge in [0.15, 0.2) is 12.4 Å². The average molecular weight is 317 g/mol. The monoisotopic (exact) mass is 317 g/mol. The molecule has 0 aliphatic heterocycles. The Morgan fingerprint density at radius 1 is 1.17 bits per heavy atom. The lowest BCUT2D eigenvalue weighted by atomic mass is 10.1. The van der Waals surface area contributed by atoms with E-state index in [1.165, 1.54) is 0 Å². The number of ether oxygens (including phenoxy) is 1. The van der Waals surface area contributed by atoms with Gasteiger partial charge in [0, 0.05) is 18.7 Å². The quantitative estimate of drug-likeness (QED) is 0.758. The maximum absolute atomic E-state index is 12.0. The molecule has 2 rings (SSSR count). The van der Waals surface area contributed by atoms with Crippen LogP contribution in [0.4, 0.5) is 0 Å². The molecule has 1 amide bonds. The Kier molecular flexibility index (Phi) is 5.46. The van der Waals surface area contributed by atoms with E-state index in [2.05, 4.69) is 10.1 Å². The zero-order valence-electron chi connectivity index (χ0n) is 13.4. The Labute approximate surface area is 134 Å². The summed E-state index contributed by atoms with van der Waals surface area (Å²) in [6.07, 6.45) is 0. The molecule has 0 saturated carbocycles. The van der Waals surface area contributed by atoms with E-state index >= 15 is 0 Å². The summed E-state index contributed by atoms with van der Waals surface area (Å²) in [5, 5.41) is 3.71. The Morgan fingerprint density at radius 3 is 2.35 bits per heavy atom. The lowest BCUT2D eigenvalue weighted by Crippen LogP contribution is -2.34. The summed E-state index contributed by atoms with van der Waals surface area (Å²) in [5.41, 5.74) is 1.07. The van der Waals surface area contributed by atoms with Crippen LogP contribution in [0.5, 0.6) is 0 Å². The van der Waals surface area contributed by atoms with E-state index in [4.69, 9.17) is 9.26 Å². The Hall–Kier alpha value is -2.70. The summed E-state index contributed by atoms with van der Waals surface area (Å²) < 4.78 is 10.1. The molecule has 0 fully saturated rings. The number of nitrogens with zero attached hydrogens (tertiary/aromatic N) is 3. The lowest BCUT2D eigenvalue weighted by molar-refractivity contribution is -0.134. The summed E-state index contributed by atoms with van der Waals surface area (Å²) in [6.45, 7) is 6.40. The van der Waals surface area contributed by atoms with Crippen molar-refractivity contribution in [3.63, 3.8) is 0 Å². The number of amides is 1. The predicted molar refractivity (Wildman–Crippen MR) is 82.7 cm³/mol. The molecule has 0 N–H and O–H groups in total. The van der Waals surface area contributed by atoms with Crippen LogP contribution in [0.2, 0.25) is 0 Å². The van der Waals surface area contributed by atoms with E-state index in [1.54, 1.807) is 36.1 Å². The van der Waals surface area contributed by atoms with Crippen molar-refractivity contribution in [3.05, 3.63) is 35.7 Å². The first-order chi connectivity index (χ1) is 11.0. The van der Waals surface area contributed by atoms with Crippen molar-refractivity contribution in [2.24, 2.45) is 0 Å². The highest BCUT2D eigenvalue weighted by molar-refractivity contribution is 5.91. The molecule has 0 aliphatic carbocycles. The maximum Gasteiger partial charge on any atom is 0.338 e. The van der Waals surface area contributed by atoms with Crippen molar-refractivity contribution >= 4 is 11.9 Å². The smallest absolute Gasteiger partial charge is 0.338 e. The minimum absolute atomic E-state index is 0.207. The number of likely N-dealkylation sites (N-methyl/N-ethyl adjacent to an activating group) is 1. The van der Waals surface area contributed by atoms with E-state index in [-0.39, 0.29) is 12.5 Å². The third-order valence-corrected chi connectivity index (χ3v) is 3.34. The summed E-state index contributed by atoms with van der Waals surface area (Å²) in [4.78, 5) is 29.5. The van der Waals surface area contributed by atoms with Gasteiger partial charge in [-0.05, 0) is 45.0 Å². The van der Waals surface area contributed by atoms with Crippen LogP contribution in [0.25, 0.3) is 11.5 Å². The van der Waals surface area contributed by atoms with Gasteiger partial charge in [0.1, 0.15) is 0 Å². The third kappa shape index (κ3) is 4.15. The summed E-state index contributed by atoms with van der Waals surface area (Å²) in [6, 6.07) is 6.57. The third-order valence-electron chi connectivity index (χ3n) is 3.34. The molecule has 0 saturated heterocycles. The maximum atomic E-state index is 12.0. The molecule has 1 heterocycles. The molecule has 0 radical (unpaired) electrons. The number of carbonyl (C=O) groups is 2. The van der Waals surface area contributed by atoms with Gasteiger partial charge in [-0.1, -0.05) is 5.16 Å². The molecule has 7 heteroatoms. The zero-order chi connectivity index (χ0) is 16.8. The first-order valence-corrected chi connectivity index (χ1v) is 7.40. The highest BCUT2D eigenvalue weighted by Gasteiger charge is 2.14. The van der Waals surface area contributed by atoms with Gasteiger partial charge in [0.25, 0.3) is 11.8 Å². The molecule has 0 aliphatic rings. The minimum Gasteiger partial charge on any atom is -0.452 e. The number of aryl methyl sites for hydroxylation is 1. The first kappa shape index (κ1) is 16.7. The van der Waals surface area contributed by atoms with Crippen molar-refractivity contribution in [3.8, 4) is 11.5 Å². The summed E-state index contributed by atoms with van der Waals surface area (Å²) in [7, 11) is 0. The fourth-order valence-electron chi connectivity index (χ4n) is 2.04. The van der Waals surface area contributed by atoms with Crippen molar-refractivity contribution in [1.82, 2.24) is 15.0 Å². The van der Waals surface area contributed by atoms with E-state index in [9.17, 15) is 9.59 Å². The highest BCUT2D eigenvalue weighted by Crippen LogP contribution is 2.17. The molecule has 0 unspecified atom stereocenters. The Morgan fingerprint density at radius 2 is 1.83 bits per heavy atom. The fraction of sp³-hybridized carbons (Fsp3) is 0.375. The Balaban J connectivity index is 1.96. The first-order valence-electron chi connectivity index (χ1n) is 7.40. The highest BCUT2D eigenvalue weighted by atomic mass is 16.5. The van der Waals surface area contributed by atoms with Gasteiger partial charge < -0.3 is 14.2 Å². The lowest BCUT2D eigenvalue weighted by Gasteiger charge is -2.18. The molecule has 1 aromatic heterocycles. The number of rotatable bonds is 6. The molecule has 2 aromatic rings. The molecule has 122 valence electrons. The summed E-state index contributed by atoms with van der Waals surface area (Å²) in [5.74, 6) is 0.178. The van der Waals surface area contributed by atoms with Crippen molar-refractivity contribution in [2.75, 3.05) is 19.7 Å². The van der Waals surface area contributed by atoms with Crippen LogP contribution in [0.3, 0.4) is 0 Å². The average Bonchev–Trinajstić information content (AvgIpc) is 3.00. The van der Waals surface area contributed by atoms with Crippen LogP contribution in [-0.4, -0.2) is 46.6 Å². The van der Waals surface area contributed by atoms with Gasteiger partial charge in [-0.3, -0.25) is 4.79 Å². The van der Waals surface area contributed by atoms with Crippen LogP contribution in [0.15, 0.2) is 28.8 Å². The second kappa shape index (κ2) is 7.53. The standard InChI is InChI=1S/C16H19N3O4/c1-4-19(5-2)14(20)10-22-16(21)13-8-6-12(7-9-13)15-17-11(3)18-23-15/h6-9H,4-5,10H2,1-3H3. The van der Waals surface area contributed by atoms with E-state index < -0.39 is 5.97 Å². The van der Waals surface area contributed by atoms with Gasteiger partial charge in [-0.2, -0.15) is 4.98 Å². The summed E-state index contributed by atoms with van der Waals surface area (Å²) >= 11 is 0. The molecule has 1 aromatic carbocycles. The number of hydrogen-bond donors (Lipinski definition) is 0. The number of carbonyl (C=O) groups excluding carboxylic acids is 2. The molecule has 0 bridgehead atoms. The molecule has 0 atom stereocenters. The SMILES string of the molecule is CCN(CC)C(=O)COC(=O)c1ccc(-c2nc(C)no2)cc1. The van der Waals surface area contributed by atoms with Gasteiger partial charge in [0.05, 0.1) is 5.56 Å². The second-order valence-electron chi connectivity index (χ2n) is 4.87.